The first-order valence-electron chi connectivity index (χ1n) is 5.48. The highest BCUT2D eigenvalue weighted by molar-refractivity contribution is 5.20. The van der Waals surface area contributed by atoms with Gasteiger partial charge in [-0.2, -0.15) is 0 Å². The van der Waals surface area contributed by atoms with Gasteiger partial charge in [-0.25, -0.2) is 4.39 Å². The van der Waals surface area contributed by atoms with Crippen molar-refractivity contribution in [2.24, 2.45) is 0 Å². The summed E-state index contributed by atoms with van der Waals surface area (Å²) in [6.07, 6.45) is 5.52. The predicted molar refractivity (Wildman–Crippen MR) is 60.3 cm³/mol. The third kappa shape index (κ3) is 3.17. The van der Waals surface area contributed by atoms with Crippen molar-refractivity contribution in [3.63, 3.8) is 0 Å². The molecule has 0 radical (unpaired) electrons. The smallest absolute Gasteiger partial charge is 0.123 e. The summed E-state index contributed by atoms with van der Waals surface area (Å²) in [6.45, 7) is 2.19. The van der Waals surface area contributed by atoms with E-state index in [1.807, 2.05) is 12.1 Å². The van der Waals surface area contributed by atoms with Crippen molar-refractivity contribution in [1.29, 1.82) is 0 Å². The van der Waals surface area contributed by atoms with Gasteiger partial charge in [-0.1, -0.05) is 23.8 Å². The minimum Gasteiger partial charge on any atom is -0.316 e. The molecule has 0 bridgehead atoms. The van der Waals surface area contributed by atoms with E-state index in [-0.39, 0.29) is 5.82 Å². The average molecular weight is 205 g/mol. The maximum atomic E-state index is 12.7. The second kappa shape index (κ2) is 5.08. The van der Waals surface area contributed by atoms with Crippen molar-refractivity contribution in [3.05, 3.63) is 47.3 Å². The van der Waals surface area contributed by atoms with E-state index in [1.165, 1.54) is 23.3 Å². The van der Waals surface area contributed by atoms with E-state index >= 15 is 0 Å². The van der Waals surface area contributed by atoms with Crippen molar-refractivity contribution in [2.45, 2.75) is 19.3 Å². The maximum Gasteiger partial charge on any atom is 0.123 e. The summed E-state index contributed by atoms with van der Waals surface area (Å²) in [7, 11) is 0. The first-order valence-corrected chi connectivity index (χ1v) is 5.48. The molecule has 0 unspecified atom stereocenters. The Bertz CT molecular complexity index is 332. The van der Waals surface area contributed by atoms with Crippen LogP contribution in [0.1, 0.15) is 18.4 Å². The Kier molecular flexibility index (Phi) is 3.51. The van der Waals surface area contributed by atoms with E-state index in [1.54, 1.807) is 0 Å². The molecule has 0 saturated carbocycles. The van der Waals surface area contributed by atoms with Crippen LogP contribution in [0.2, 0.25) is 0 Å². The molecule has 0 atom stereocenters. The van der Waals surface area contributed by atoms with Crippen LogP contribution in [0.3, 0.4) is 0 Å². The molecule has 1 aliphatic heterocycles. The number of benzene rings is 1. The molecule has 1 nitrogen and oxygen atoms in total. The van der Waals surface area contributed by atoms with Crippen molar-refractivity contribution in [2.75, 3.05) is 13.1 Å². The Morgan fingerprint density at radius 3 is 2.47 bits per heavy atom. The number of rotatable bonds is 2. The van der Waals surface area contributed by atoms with Crippen LogP contribution in [0.4, 0.5) is 4.39 Å². The first-order chi connectivity index (χ1) is 7.34. The van der Waals surface area contributed by atoms with E-state index in [9.17, 15) is 4.39 Å². The van der Waals surface area contributed by atoms with Crippen LogP contribution in [0.25, 0.3) is 0 Å². The molecule has 1 aromatic carbocycles. The van der Waals surface area contributed by atoms with Crippen LogP contribution < -0.4 is 5.32 Å². The van der Waals surface area contributed by atoms with Gasteiger partial charge in [0.2, 0.25) is 0 Å². The third-order valence-electron chi connectivity index (χ3n) is 2.79. The molecule has 1 saturated heterocycles. The highest BCUT2D eigenvalue weighted by Gasteiger charge is 2.03. The summed E-state index contributed by atoms with van der Waals surface area (Å²) in [5.74, 6) is -0.159. The van der Waals surface area contributed by atoms with Gasteiger partial charge in [0.15, 0.2) is 0 Å². The van der Waals surface area contributed by atoms with Crippen LogP contribution >= 0.6 is 0 Å². The highest BCUT2D eigenvalue weighted by Crippen LogP contribution is 2.12. The Morgan fingerprint density at radius 1 is 1.13 bits per heavy atom. The lowest BCUT2D eigenvalue weighted by Crippen LogP contribution is -2.23. The number of hydrogen-bond donors (Lipinski definition) is 1. The fourth-order valence-electron chi connectivity index (χ4n) is 1.83. The largest absolute Gasteiger partial charge is 0.316 e. The van der Waals surface area contributed by atoms with Crippen LogP contribution in [0, 0.1) is 5.82 Å². The summed E-state index contributed by atoms with van der Waals surface area (Å²) in [4.78, 5) is 0. The number of halogens is 1. The summed E-state index contributed by atoms with van der Waals surface area (Å²) < 4.78 is 12.7. The Morgan fingerprint density at radius 2 is 1.80 bits per heavy atom. The molecule has 1 aliphatic rings. The molecule has 0 aromatic heterocycles. The number of hydrogen-bond acceptors (Lipinski definition) is 1. The molecule has 2 heteroatoms. The van der Waals surface area contributed by atoms with Gasteiger partial charge < -0.3 is 5.32 Å². The summed E-state index contributed by atoms with van der Waals surface area (Å²) in [5.41, 5.74) is 2.71. The average Bonchev–Trinajstić information content (AvgIpc) is 2.30. The summed E-state index contributed by atoms with van der Waals surface area (Å²) in [6, 6.07) is 6.76. The van der Waals surface area contributed by atoms with Crippen LogP contribution in [0.5, 0.6) is 0 Å². The Balaban J connectivity index is 1.94. The maximum absolute atomic E-state index is 12.7. The van der Waals surface area contributed by atoms with E-state index in [0.29, 0.717) is 0 Å². The summed E-state index contributed by atoms with van der Waals surface area (Å²) in [5, 5.41) is 3.33. The fraction of sp³-hybridized carbons (Fsp3) is 0.385. The molecule has 1 fully saturated rings. The normalized spacial score (nSPS) is 16.5. The topological polar surface area (TPSA) is 12.0 Å². The molecule has 15 heavy (non-hydrogen) atoms. The van der Waals surface area contributed by atoms with Gasteiger partial charge in [-0.3, -0.25) is 0 Å². The number of piperidine rings is 1. The molecule has 0 amide bonds. The monoisotopic (exact) mass is 205 g/mol. The van der Waals surface area contributed by atoms with Gasteiger partial charge in [0, 0.05) is 0 Å². The number of nitrogens with one attached hydrogen (secondary N) is 1. The van der Waals surface area contributed by atoms with E-state index in [2.05, 4.69) is 11.4 Å². The predicted octanol–water partition coefficient (Wildman–Crippen LogP) is 2.68. The molecule has 1 N–H and O–H groups in total. The van der Waals surface area contributed by atoms with Crippen molar-refractivity contribution in [3.8, 4) is 0 Å². The minimum absolute atomic E-state index is 0.159. The Labute approximate surface area is 90.0 Å². The van der Waals surface area contributed by atoms with Gasteiger partial charge in [-0.05, 0) is 50.0 Å². The lowest BCUT2D eigenvalue weighted by Gasteiger charge is -2.15. The SMILES string of the molecule is Fc1ccc(CC=C2CCNCC2)cc1. The molecule has 0 spiro atoms. The zero-order valence-electron chi connectivity index (χ0n) is 8.80. The van der Waals surface area contributed by atoms with Gasteiger partial charge in [0.25, 0.3) is 0 Å². The zero-order chi connectivity index (χ0) is 10.5. The van der Waals surface area contributed by atoms with Crippen LogP contribution in [-0.4, -0.2) is 13.1 Å². The van der Waals surface area contributed by atoms with E-state index in [4.69, 9.17) is 0 Å². The lowest BCUT2D eigenvalue weighted by atomic mass is 10.0. The molecular weight excluding hydrogens is 189 g/mol. The lowest BCUT2D eigenvalue weighted by molar-refractivity contribution is 0.608. The second-order valence-corrected chi connectivity index (χ2v) is 3.94. The zero-order valence-corrected chi connectivity index (χ0v) is 8.80. The standard InChI is InChI=1S/C13H16FN/c14-13-5-3-11(4-6-13)1-2-12-7-9-15-10-8-12/h2-6,15H,1,7-10H2. The van der Waals surface area contributed by atoms with E-state index < -0.39 is 0 Å². The van der Waals surface area contributed by atoms with Crippen molar-refractivity contribution >= 4 is 0 Å². The molecule has 0 aliphatic carbocycles. The molecule has 80 valence electrons. The fourth-order valence-corrected chi connectivity index (χ4v) is 1.83. The first kappa shape index (κ1) is 10.4. The van der Waals surface area contributed by atoms with Crippen LogP contribution in [0.15, 0.2) is 35.9 Å². The Hall–Kier alpha value is -1.15. The van der Waals surface area contributed by atoms with Gasteiger partial charge in [0.1, 0.15) is 5.82 Å². The molecule has 2 rings (SSSR count). The van der Waals surface area contributed by atoms with Crippen molar-refractivity contribution < 1.29 is 4.39 Å². The molecule has 1 heterocycles. The number of allylic oxidation sites excluding steroid dienone is 1. The third-order valence-corrected chi connectivity index (χ3v) is 2.79. The molecule has 1 aromatic rings. The molecular formula is C13H16FN. The van der Waals surface area contributed by atoms with Gasteiger partial charge >= 0.3 is 0 Å². The van der Waals surface area contributed by atoms with Gasteiger partial charge in [0.05, 0.1) is 0 Å². The van der Waals surface area contributed by atoms with Gasteiger partial charge in [-0.15, -0.1) is 0 Å². The second-order valence-electron chi connectivity index (χ2n) is 3.94. The van der Waals surface area contributed by atoms with Crippen molar-refractivity contribution in [1.82, 2.24) is 5.32 Å². The van der Waals surface area contributed by atoms with Crippen LogP contribution in [-0.2, 0) is 6.42 Å². The van der Waals surface area contributed by atoms with E-state index in [0.717, 1.165) is 32.4 Å². The highest BCUT2D eigenvalue weighted by atomic mass is 19.1. The summed E-state index contributed by atoms with van der Waals surface area (Å²) >= 11 is 0. The minimum atomic E-state index is -0.159. The quantitative estimate of drug-likeness (QED) is 0.732.